The van der Waals surface area contributed by atoms with Crippen molar-refractivity contribution in [3.63, 3.8) is 0 Å². The van der Waals surface area contributed by atoms with Crippen molar-refractivity contribution in [2.75, 3.05) is 38.5 Å². The molecule has 29 heavy (non-hydrogen) atoms. The molecule has 3 aromatic rings. The second-order valence-corrected chi connectivity index (χ2v) is 9.03. The van der Waals surface area contributed by atoms with Crippen LogP contribution in [0.25, 0.3) is 16.2 Å². The molecule has 2 aromatic carbocycles. The number of hydrogen-bond donors (Lipinski definition) is 1. The quantitative estimate of drug-likeness (QED) is 0.587. The maximum Gasteiger partial charge on any atom is 0.248 e. The van der Waals surface area contributed by atoms with Crippen LogP contribution in [0.1, 0.15) is 10.4 Å². The Hall–Kier alpha value is -2.18. The Morgan fingerprint density at radius 1 is 1.14 bits per heavy atom. The number of carbonyl (C=O) groups is 1. The third-order valence-corrected chi connectivity index (χ3v) is 6.42. The van der Waals surface area contributed by atoms with E-state index in [9.17, 15) is 4.79 Å². The van der Waals surface area contributed by atoms with Crippen molar-refractivity contribution in [3.8, 4) is 0 Å². The summed E-state index contributed by atoms with van der Waals surface area (Å²) in [5.74, 6) is -0.155. The summed E-state index contributed by atoms with van der Waals surface area (Å²) in [6.07, 6.45) is 3.29. The highest BCUT2D eigenvalue weighted by atomic mass is 35.5. The zero-order chi connectivity index (χ0) is 20.2. The van der Waals surface area contributed by atoms with Gasteiger partial charge in [0, 0.05) is 59.1 Å². The highest BCUT2D eigenvalue weighted by Gasteiger charge is 2.15. The fraction of sp³-hybridized carbons (Fsp3) is 0.261. The van der Waals surface area contributed by atoms with Crippen molar-refractivity contribution in [3.05, 3.63) is 70.1 Å². The Kier molecular flexibility index (Phi) is 6.31. The minimum atomic E-state index is -0.155. The summed E-state index contributed by atoms with van der Waals surface area (Å²) in [7, 11) is 2.18. The van der Waals surface area contributed by atoms with E-state index in [1.165, 1.54) is 21.0 Å². The fourth-order valence-electron chi connectivity index (χ4n) is 3.45. The molecule has 1 fully saturated rings. The molecule has 0 unspecified atom stereocenters. The maximum absolute atomic E-state index is 12.3. The lowest BCUT2D eigenvalue weighted by molar-refractivity contribution is -0.111. The van der Waals surface area contributed by atoms with Gasteiger partial charge >= 0.3 is 0 Å². The molecule has 2 heterocycles. The second kappa shape index (κ2) is 9.09. The minimum absolute atomic E-state index is 0.155. The van der Waals surface area contributed by atoms with Gasteiger partial charge in [-0.1, -0.05) is 23.7 Å². The summed E-state index contributed by atoms with van der Waals surface area (Å²) < 4.78 is 1.25. The molecule has 0 atom stereocenters. The van der Waals surface area contributed by atoms with Crippen LogP contribution in [0.5, 0.6) is 0 Å². The van der Waals surface area contributed by atoms with Gasteiger partial charge in [0.05, 0.1) is 0 Å². The zero-order valence-electron chi connectivity index (χ0n) is 16.4. The molecular weight excluding hydrogens is 402 g/mol. The van der Waals surface area contributed by atoms with Gasteiger partial charge in [0.2, 0.25) is 5.91 Å². The van der Waals surface area contributed by atoms with E-state index >= 15 is 0 Å². The first-order valence-electron chi connectivity index (χ1n) is 9.73. The monoisotopic (exact) mass is 425 g/mol. The summed E-state index contributed by atoms with van der Waals surface area (Å²) >= 11 is 7.81. The number of fused-ring (bicyclic) bond motifs is 1. The van der Waals surface area contributed by atoms with Crippen LogP contribution < -0.4 is 5.32 Å². The Morgan fingerprint density at radius 3 is 2.76 bits per heavy atom. The van der Waals surface area contributed by atoms with Crippen LogP contribution in [0.15, 0.2) is 54.6 Å². The summed E-state index contributed by atoms with van der Waals surface area (Å²) in [5, 5.41) is 4.78. The molecule has 1 saturated heterocycles. The number of benzene rings is 2. The average molecular weight is 426 g/mol. The summed E-state index contributed by atoms with van der Waals surface area (Å²) in [5.41, 5.74) is 1.71. The highest BCUT2D eigenvalue weighted by Crippen LogP contribution is 2.29. The lowest BCUT2D eigenvalue weighted by Crippen LogP contribution is -2.43. The Labute approximate surface area is 180 Å². The van der Waals surface area contributed by atoms with E-state index in [2.05, 4.69) is 34.3 Å². The topological polar surface area (TPSA) is 35.6 Å². The molecule has 1 aliphatic heterocycles. The summed E-state index contributed by atoms with van der Waals surface area (Å²) in [6.45, 7) is 5.49. The van der Waals surface area contributed by atoms with Crippen LogP contribution in [0, 0.1) is 0 Å². The molecule has 0 spiro atoms. The van der Waals surface area contributed by atoms with Crippen molar-refractivity contribution in [1.82, 2.24) is 9.80 Å². The normalized spacial score (nSPS) is 15.9. The predicted molar refractivity (Wildman–Crippen MR) is 124 cm³/mol. The van der Waals surface area contributed by atoms with Crippen molar-refractivity contribution in [1.29, 1.82) is 0 Å². The molecule has 6 heteroatoms. The summed E-state index contributed by atoms with van der Waals surface area (Å²) in [6, 6.07) is 15.8. The molecule has 0 aliphatic carbocycles. The van der Waals surface area contributed by atoms with Gasteiger partial charge in [-0.3, -0.25) is 9.69 Å². The number of thiophene rings is 1. The number of nitrogens with one attached hydrogen (secondary N) is 1. The largest absolute Gasteiger partial charge is 0.322 e. The number of hydrogen-bond acceptors (Lipinski definition) is 4. The van der Waals surface area contributed by atoms with Crippen LogP contribution in [-0.4, -0.2) is 48.9 Å². The van der Waals surface area contributed by atoms with Crippen molar-refractivity contribution >= 4 is 50.7 Å². The molecule has 0 saturated carbocycles. The summed E-state index contributed by atoms with van der Waals surface area (Å²) in [4.78, 5) is 18.5. The van der Waals surface area contributed by atoms with E-state index in [1.54, 1.807) is 6.08 Å². The minimum Gasteiger partial charge on any atom is -0.322 e. The number of piperazine rings is 1. The number of carbonyl (C=O) groups excluding carboxylic acids is 1. The van der Waals surface area contributed by atoms with Crippen molar-refractivity contribution < 1.29 is 4.79 Å². The first-order chi connectivity index (χ1) is 14.0. The lowest BCUT2D eigenvalue weighted by Gasteiger charge is -2.31. The van der Waals surface area contributed by atoms with Gasteiger partial charge in [0.1, 0.15) is 0 Å². The van der Waals surface area contributed by atoms with Gasteiger partial charge < -0.3 is 10.2 Å². The smallest absolute Gasteiger partial charge is 0.248 e. The van der Waals surface area contributed by atoms with E-state index in [0.717, 1.165) is 44.0 Å². The Balaban J connectivity index is 1.40. The van der Waals surface area contributed by atoms with Crippen LogP contribution in [0.3, 0.4) is 0 Å². The van der Waals surface area contributed by atoms with Gasteiger partial charge in [0.25, 0.3) is 0 Å². The predicted octanol–water partition coefficient (Wildman–Crippen LogP) is 4.95. The van der Waals surface area contributed by atoms with Gasteiger partial charge in [-0.2, -0.15) is 0 Å². The van der Waals surface area contributed by atoms with Crippen LogP contribution in [0.4, 0.5) is 5.69 Å². The molecule has 150 valence electrons. The average Bonchev–Trinajstić information content (AvgIpc) is 3.10. The van der Waals surface area contributed by atoms with E-state index < -0.39 is 0 Å². The third kappa shape index (κ3) is 5.46. The SMILES string of the molecule is CN1CCN(Cc2cc3cc(NC(=O)/C=C/c4cccc(Cl)c4)ccc3s2)CC1. The number of nitrogens with zero attached hydrogens (tertiary/aromatic N) is 2. The number of halogens is 1. The zero-order valence-corrected chi connectivity index (χ0v) is 18.0. The first-order valence-corrected chi connectivity index (χ1v) is 10.9. The molecular formula is C23H24ClN3OS. The lowest BCUT2D eigenvalue weighted by atomic mass is 10.2. The highest BCUT2D eigenvalue weighted by molar-refractivity contribution is 7.19. The molecule has 1 aromatic heterocycles. The Morgan fingerprint density at radius 2 is 1.97 bits per heavy atom. The van der Waals surface area contributed by atoms with Gasteiger partial charge in [-0.25, -0.2) is 0 Å². The van der Waals surface area contributed by atoms with Crippen molar-refractivity contribution in [2.45, 2.75) is 6.54 Å². The van der Waals surface area contributed by atoms with Gasteiger partial charge in [0.15, 0.2) is 0 Å². The van der Waals surface area contributed by atoms with E-state index in [0.29, 0.717) is 5.02 Å². The molecule has 4 rings (SSSR count). The van der Waals surface area contributed by atoms with Crippen LogP contribution >= 0.6 is 22.9 Å². The number of amides is 1. The maximum atomic E-state index is 12.3. The molecule has 4 nitrogen and oxygen atoms in total. The van der Waals surface area contributed by atoms with Crippen molar-refractivity contribution in [2.24, 2.45) is 0 Å². The molecule has 1 N–H and O–H groups in total. The number of likely N-dealkylation sites (N-methyl/N-ethyl adjacent to an activating group) is 1. The standard InChI is InChI=1S/C23H24ClN3OS/c1-26-9-11-27(12-10-26)16-21-15-18-14-20(6-7-22(18)29-21)25-23(28)8-5-17-3-2-4-19(24)13-17/h2-8,13-15H,9-12,16H2,1H3,(H,25,28)/b8-5+. The number of anilines is 1. The molecule has 0 bridgehead atoms. The molecule has 0 radical (unpaired) electrons. The third-order valence-electron chi connectivity index (χ3n) is 5.09. The molecule has 1 aliphatic rings. The first kappa shape index (κ1) is 20.1. The van der Waals surface area contributed by atoms with Crippen LogP contribution in [-0.2, 0) is 11.3 Å². The molecule has 1 amide bonds. The van der Waals surface area contributed by atoms with E-state index in [-0.39, 0.29) is 5.91 Å². The van der Waals surface area contributed by atoms with Crippen LogP contribution in [0.2, 0.25) is 5.02 Å². The van der Waals surface area contributed by atoms with E-state index in [1.807, 2.05) is 47.7 Å². The van der Waals surface area contributed by atoms with E-state index in [4.69, 9.17) is 11.6 Å². The van der Waals surface area contributed by atoms with Gasteiger partial charge in [-0.05, 0) is 60.5 Å². The second-order valence-electron chi connectivity index (χ2n) is 7.42. The van der Waals surface area contributed by atoms with Gasteiger partial charge in [-0.15, -0.1) is 11.3 Å². The Bertz CT molecular complexity index is 1040. The fourth-order valence-corrected chi connectivity index (χ4v) is 4.73. The number of rotatable bonds is 5.